The number of rotatable bonds is 8. The molecule has 0 aliphatic carbocycles. The van der Waals surface area contributed by atoms with E-state index in [0.717, 1.165) is 39.4 Å². The van der Waals surface area contributed by atoms with Gasteiger partial charge in [-0.25, -0.2) is 23.8 Å². The quantitative estimate of drug-likeness (QED) is 0.278. The predicted octanol–water partition coefficient (Wildman–Crippen LogP) is 2.97. The fraction of sp³-hybridized carbons (Fsp3) is 0.414. The van der Waals surface area contributed by atoms with Gasteiger partial charge in [-0.3, -0.25) is 9.69 Å². The van der Waals surface area contributed by atoms with Crippen molar-refractivity contribution in [1.82, 2.24) is 9.80 Å². The van der Waals surface area contributed by atoms with Crippen molar-refractivity contribution in [3.8, 4) is 11.8 Å². The molecular formula is C29H31F2N7O3. The number of alkyl halides is 1. The Morgan fingerprint density at radius 1 is 1.15 bits per heavy atom. The van der Waals surface area contributed by atoms with Crippen molar-refractivity contribution in [2.24, 2.45) is 15.0 Å². The summed E-state index contributed by atoms with van der Waals surface area (Å²) in [5.74, 6) is 0.0774. The minimum absolute atomic E-state index is 0.0507. The van der Waals surface area contributed by atoms with E-state index < -0.39 is 12.3 Å². The molecule has 2 atom stereocenters. The van der Waals surface area contributed by atoms with E-state index >= 15 is 0 Å². The van der Waals surface area contributed by atoms with Crippen molar-refractivity contribution in [3.05, 3.63) is 53.3 Å². The number of nitriles is 1. The molecule has 0 bridgehead atoms. The third-order valence-corrected chi connectivity index (χ3v) is 7.56. The van der Waals surface area contributed by atoms with E-state index in [1.54, 1.807) is 24.3 Å². The lowest BCUT2D eigenvalue weighted by Gasteiger charge is -2.43. The Hall–Kier alpha value is -4.21. The standard InChI is InChI=1S/C29H31F2N7O3/c1-33-29(20-2-5-27(21(12-20)14-32)41-28-6-7-36(19-39)15-25(28)31)35-18-34-22-3-4-26(24(30)13-22)38-10-8-37(9-11-38)23-16-40-17-23/h2-5,12-13,18-19,23,25,28H,1,6-11,15-17H2/t25-,28+/m1/s1. The Balaban J connectivity index is 1.22. The molecule has 12 heteroatoms. The zero-order chi connectivity index (χ0) is 28.8. The van der Waals surface area contributed by atoms with Crippen LogP contribution in [0.1, 0.15) is 17.5 Å². The van der Waals surface area contributed by atoms with Gasteiger partial charge in [0.2, 0.25) is 6.41 Å². The van der Waals surface area contributed by atoms with Crippen molar-refractivity contribution in [2.75, 3.05) is 57.4 Å². The SMILES string of the molecule is C=NC(=NC=Nc1ccc(N2CCN(C3COC3)CC2)c(F)c1)c1ccc(O[C@H]2CCN(C=O)C[C@H]2F)c(C#N)c1. The Bertz CT molecular complexity index is 1370. The van der Waals surface area contributed by atoms with Crippen LogP contribution in [0.4, 0.5) is 20.2 Å². The van der Waals surface area contributed by atoms with Gasteiger partial charge < -0.3 is 19.3 Å². The number of halogens is 2. The number of amides is 1. The molecule has 0 N–H and O–H groups in total. The van der Waals surface area contributed by atoms with Gasteiger partial charge >= 0.3 is 0 Å². The van der Waals surface area contributed by atoms with Crippen LogP contribution >= 0.6 is 0 Å². The molecular weight excluding hydrogens is 532 g/mol. The predicted molar refractivity (Wildman–Crippen MR) is 152 cm³/mol. The molecule has 41 heavy (non-hydrogen) atoms. The van der Waals surface area contributed by atoms with Crippen LogP contribution in [-0.2, 0) is 9.53 Å². The van der Waals surface area contributed by atoms with Crippen LogP contribution in [0, 0.1) is 17.1 Å². The smallest absolute Gasteiger partial charge is 0.209 e. The summed E-state index contributed by atoms with van der Waals surface area (Å²) in [5.41, 5.74) is 1.61. The number of ether oxygens (including phenoxy) is 2. The molecule has 10 nitrogen and oxygen atoms in total. The lowest BCUT2D eigenvalue weighted by atomic mass is 10.1. The number of aliphatic imine (C=N–C) groups is 3. The highest BCUT2D eigenvalue weighted by Gasteiger charge is 2.31. The molecule has 1 amide bonds. The van der Waals surface area contributed by atoms with Crippen LogP contribution in [0.25, 0.3) is 0 Å². The molecule has 0 aromatic heterocycles. The fourth-order valence-electron chi connectivity index (χ4n) is 5.11. The van der Waals surface area contributed by atoms with Crippen LogP contribution in [0.15, 0.2) is 51.4 Å². The molecule has 2 aromatic rings. The van der Waals surface area contributed by atoms with E-state index in [1.165, 1.54) is 23.4 Å². The molecule has 3 aliphatic heterocycles. The molecule has 3 fully saturated rings. The number of amidine groups is 1. The zero-order valence-electron chi connectivity index (χ0n) is 22.5. The maximum atomic E-state index is 14.9. The Kier molecular flexibility index (Phi) is 8.96. The van der Waals surface area contributed by atoms with Crippen molar-refractivity contribution < 1.29 is 23.0 Å². The molecule has 214 valence electrons. The molecule has 0 saturated carbocycles. The summed E-state index contributed by atoms with van der Waals surface area (Å²) >= 11 is 0. The third kappa shape index (κ3) is 6.58. The number of hydrogen-bond acceptors (Lipinski definition) is 7. The first-order valence-corrected chi connectivity index (χ1v) is 13.5. The minimum Gasteiger partial charge on any atom is -0.486 e. The third-order valence-electron chi connectivity index (χ3n) is 7.56. The second-order valence-electron chi connectivity index (χ2n) is 10.1. The van der Waals surface area contributed by atoms with Gasteiger partial charge in [0.1, 0.15) is 30.1 Å². The largest absolute Gasteiger partial charge is 0.486 e. The summed E-state index contributed by atoms with van der Waals surface area (Å²) in [5, 5.41) is 9.65. The summed E-state index contributed by atoms with van der Waals surface area (Å²) in [7, 11) is 0. The van der Waals surface area contributed by atoms with Gasteiger partial charge in [0.25, 0.3) is 0 Å². The number of anilines is 1. The van der Waals surface area contributed by atoms with E-state index in [0.29, 0.717) is 42.4 Å². The van der Waals surface area contributed by atoms with E-state index in [4.69, 9.17) is 9.47 Å². The van der Waals surface area contributed by atoms with Gasteiger partial charge in [0.05, 0.1) is 42.7 Å². The summed E-state index contributed by atoms with van der Waals surface area (Å²) in [6, 6.07) is 12.1. The van der Waals surface area contributed by atoms with Crippen LogP contribution in [0.3, 0.4) is 0 Å². The van der Waals surface area contributed by atoms with E-state index in [-0.39, 0.29) is 29.5 Å². The number of hydrogen-bond donors (Lipinski definition) is 0. The van der Waals surface area contributed by atoms with Gasteiger partial charge in [0.15, 0.2) is 12.0 Å². The van der Waals surface area contributed by atoms with Gasteiger partial charge in [-0.1, -0.05) is 0 Å². The Labute approximate surface area is 237 Å². The molecule has 0 unspecified atom stereocenters. The fourth-order valence-corrected chi connectivity index (χ4v) is 5.11. The normalized spacial score (nSPS) is 22.3. The summed E-state index contributed by atoms with van der Waals surface area (Å²) in [4.78, 5) is 29.1. The van der Waals surface area contributed by atoms with E-state index in [2.05, 4.69) is 32.7 Å². The summed E-state index contributed by atoms with van der Waals surface area (Å²) < 4.78 is 40.4. The highest BCUT2D eigenvalue weighted by atomic mass is 19.1. The minimum atomic E-state index is -1.36. The molecule has 0 radical (unpaired) electrons. The van der Waals surface area contributed by atoms with Crippen LogP contribution in [0.2, 0.25) is 0 Å². The summed E-state index contributed by atoms with van der Waals surface area (Å²) in [6.07, 6.45) is 0.0629. The van der Waals surface area contributed by atoms with Gasteiger partial charge in [-0.15, -0.1) is 0 Å². The van der Waals surface area contributed by atoms with Crippen molar-refractivity contribution in [1.29, 1.82) is 5.26 Å². The molecule has 3 saturated heterocycles. The van der Waals surface area contributed by atoms with Crippen molar-refractivity contribution in [2.45, 2.75) is 24.7 Å². The number of nitrogens with zero attached hydrogens (tertiary/aromatic N) is 7. The van der Waals surface area contributed by atoms with Gasteiger partial charge in [-0.2, -0.15) is 5.26 Å². The Morgan fingerprint density at radius 3 is 2.59 bits per heavy atom. The summed E-state index contributed by atoms with van der Waals surface area (Å²) in [6.45, 7) is 8.66. The second-order valence-corrected chi connectivity index (χ2v) is 10.1. The van der Waals surface area contributed by atoms with Crippen LogP contribution < -0.4 is 9.64 Å². The molecule has 3 heterocycles. The average molecular weight is 564 g/mol. The maximum absolute atomic E-state index is 14.9. The monoisotopic (exact) mass is 563 g/mol. The second kappa shape index (κ2) is 13.0. The van der Waals surface area contributed by atoms with Crippen LogP contribution in [0.5, 0.6) is 5.75 Å². The zero-order valence-corrected chi connectivity index (χ0v) is 22.5. The van der Waals surface area contributed by atoms with E-state index in [9.17, 15) is 18.8 Å². The number of likely N-dealkylation sites (tertiary alicyclic amines) is 1. The number of carbonyl (C=O) groups excluding carboxylic acids is 1. The van der Waals surface area contributed by atoms with Gasteiger partial charge in [-0.05, 0) is 37.0 Å². The Morgan fingerprint density at radius 2 is 1.95 bits per heavy atom. The average Bonchev–Trinajstić information content (AvgIpc) is 2.96. The maximum Gasteiger partial charge on any atom is 0.209 e. The van der Waals surface area contributed by atoms with Crippen LogP contribution in [-0.4, -0.2) is 106 Å². The highest BCUT2D eigenvalue weighted by molar-refractivity contribution is 6.05. The number of benzene rings is 2. The molecule has 5 rings (SSSR count). The number of piperazine rings is 1. The molecule has 2 aromatic carbocycles. The molecule has 3 aliphatic rings. The van der Waals surface area contributed by atoms with Gasteiger partial charge in [0, 0.05) is 50.8 Å². The first-order valence-electron chi connectivity index (χ1n) is 13.5. The highest BCUT2D eigenvalue weighted by Crippen LogP contribution is 2.27. The van der Waals surface area contributed by atoms with E-state index in [1.807, 2.05) is 4.90 Å². The first kappa shape index (κ1) is 28.3. The lowest BCUT2D eigenvalue weighted by Crippen LogP contribution is -2.56. The van der Waals surface area contributed by atoms with Crippen molar-refractivity contribution in [3.63, 3.8) is 0 Å². The topological polar surface area (TPSA) is 106 Å². The molecule has 0 spiro atoms. The number of piperidine rings is 1. The first-order chi connectivity index (χ1) is 20.0. The lowest BCUT2D eigenvalue weighted by molar-refractivity contribution is -0.121. The number of carbonyl (C=O) groups is 1. The van der Waals surface area contributed by atoms with Crippen molar-refractivity contribution >= 4 is 36.7 Å².